The van der Waals surface area contributed by atoms with Crippen molar-refractivity contribution in [2.24, 2.45) is 0 Å². The average molecular weight is 418 g/mol. The monoisotopic (exact) mass is 418 g/mol. The minimum Gasteiger partial charge on any atom is -0.451 e. The predicted molar refractivity (Wildman–Crippen MR) is 116 cm³/mol. The maximum absolute atomic E-state index is 12.4. The summed E-state index contributed by atoms with van der Waals surface area (Å²) in [5.74, 6) is -1.33. The quantitative estimate of drug-likeness (QED) is 0.454. The standard InChI is InChI=1S/C23H22N4O4/c1-16-13-21(27(26-16)19-11-7-4-8-12-19)25-22(29)15-31-23(30)20(24-17(2)28)14-18-9-5-3-6-10-18/h3-14H,15H2,1-2H3,(H,24,28)(H,25,29)/b20-14-. The van der Waals surface area contributed by atoms with E-state index in [1.165, 1.54) is 13.0 Å². The van der Waals surface area contributed by atoms with Crippen molar-refractivity contribution in [3.05, 3.63) is 83.7 Å². The van der Waals surface area contributed by atoms with Crippen LogP contribution in [0.3, 0.4) is 0 Å². The van der Waals surface area contributed by atoms with Crippen molar-refractivity contribution in [1.29, 1.82) is 0 Å². The van der Waals surface area contributed by atoms with Crippen LogP contribution in [0.4, 0.5) is 5.82 Å². The van der Waals surface area contributed by atoms with E-state index in [9.17, 15) is 14.4 Å². The van der Waals surface area contributed by atoms with Crippen molar-refractivity contribution in [3.8, 4) is 5.69 Å². The Labute approximate surface area is 179 Å². The summed E-state index contributed by atoms with van der Waals surface area (Å²) in [4.78, 5) is 36.3. The summed E-state index contributed by atoms with van der Waals surface area (Å²) in [5.41, 5.74) is 2.14. The lowest BCUT2D eigenvalue weighted by Gasteiger charge is -2.11. The van der Waals surface area contributed by atoms with E-state index in [2.05, 4.69) is 15.7 Å². The molecule has 2 N–H and O–H groups in total. The minimum atomic E-state index is -0.818. The van der Waals surface area contributed by atoms with Crippen LogP contribution < -0.4 is 10.6 Å². The topological polar surface area (TPSA) is 102 Å². The van der Waals surface area contributed by atoms with E-state index < -0.39 is 24.4 Å². The van der Waals surface area contributed by atoms with Gasteiger partial charge in [0.15, 0.2) is 6.61 Å². The van der Waals surface area contributed by atoms with Crippen molar-refractivity contribution >= 4 is 29.7 Å². The molecule has 0 bridgehead atoms. The second-order valence-electron chi connectivity index (χ2n) is 6.69. The number of nitrogens with zero attached hydrogens (tertiary/aromatic N) is 2. The van der Waals surface area contributed by atoms with Gasteiger partial charge in [-0.05, 0) is 30.7 Å². The molecule has 8 nitrogen and oxygen atoms in total. The van der Waals surface area contributed by atoms with Gasteiger partial charge in [0.1, 0.15) is 11.5 Å². The summed E-state index contributed by atoms with van der Waals surface area (Å²) >= 11 is 0. The van der Waals surface area contributed by atoms with Gasteiger partial charge in [-0.2, -0.15) is 5.10 Å². The molecule has 2 aromatic carbocycles. The molecule has 0 unspecified atom stereocenters. The molecule has 0 aliphatic rings. The van der Waals surface area contributed by atoms with Gasteiger partial charge in [-0.25, -0.2) is 9.48 Å². The molecule has 0 saturated carbocycles. The molecule has 0 aliphatic heterocycles. The summed E-state index contributed by atoms with van der Waals surface area (Å²) in [6.45, 7) is 2.57. The number of anilines is 1. The molecule has 0 radical (unpaired) electrons. The normalized spacial score (nSPS) is 11.0. The molecule has 31 heavy (non-hydrogen) atoms. The summed E-state index contributed by atoms with van der Waals surface area (Å²) in [6.07, 6.45) is 1.48. The van der Waals surface area contributed by atoms with Crippen molar-refractivity contribution in [3.63, 3.8) is 0 Å². The zero-order valence-corrected chi connectivity index (χ0v) is 17.2. The van der Waals surface area contributed by atoms with Gasteiger partial charge < -0.3 is 15.4 Å². The lowest BCUT2D eigenvalue weighted by atomic mass is 10.2. The Balaban J connectivity index is 1.67. The number of amides is 2. The number of hydrogen-bond acceptors (Lipinski definition) is 5. The molecule has 3 rings (SSSR count). The number of aromatic nitrogens is 2. The Bertz CT molecular complexity index is 1110. The minimum absolute atomic E-state index is 0.0586. The molecule has 1 heterocycles. The number of nitrogens with one attached hydrogen (secondary N) is 2. The SMILES string of the molecule is CC(=O)N/C(=C\c1ccccc1)C(=O)OCC(=O)Nc1cc(C)nn1-c1ccccc1. The van der Waals surface area contributed by atoms with E-state index in [0.717, 1.165) is 11.4 Å². The lowest BCUT2D eigenvalue weighted by Crippen LogP contribution is -2.29. The molecule has 0 fully saturated rings. The molecular formula is C23H22N4O4. The van der Waals surface area contributed by atoms with Crippen LogP contribution in [0.15, 0.2) is 72.4 Å². The number of carbonyl (C=O) groups excluding carboxylic acids is 3. The highest BCUT2D eigenvalue weighted by Crippen LogP contribution is 2.16. The lowest BCUT2D eigenvalue weighted by molar-refractivity contribution is -0.144. The second-order valence-corrected chi connectivity index (χ2v) is 6.69. The molecule has 2 amide bonds. The van der Waals surface area contributed by atoms with Gasteiger partial charge in [-0.15, -0.1) is 0 Å². The molecule has 0 saturated heterocycles. The largest absolute Gasteiger partial charge is 0.451 e. The smallest absolute Gasteiger partial charge is 0.355 e. The molecule has 158 valence electrons. The van der Waals surface area contributed by atoms with Crippen LogP contribution in [-0.4, -0.2) is 34.2 Å². The van der Waals surface area contributed by atoms with Crippen LogP contribution in [0.2, 0.25) is 0 Å². The van der Waals surface area contributed by atoms with Gasteiger partial charge in [-0.1, -0.05) is 48.5 Å². The van der Waals surface area contributed by atoms with E-state index in [4.69, 9.17) is 4.74 Å². The highest BCUT2D eigenvalue weighted by atomic mass is 16.5. The highest BCUT2D eigenvalue weighted by Gasteiger charge is 2.16. The Morgan fingerprint density at radius 3 is 2.32 bits per heavy atom. The first kappa shape index (κ1) is 21.5. The molecule has 8 heteroatoms. The van der Waals surface area contributed by atoms with Crippen molar-refractivity contribution < 1.29 is 19.1 Å². The predicted octanol–water partition coefficient (Wildman–Crippen LogP) is 2.84. The third-order valence-corrected chi connectivity index (χ3v) is 4.08. The second kappa shape index (κ2) is 10.0. The Kier molecular flexibility index (Phi) is 6.95. The zero-order valence-electron chi connectivity index (χ0n) is 17.2. The third-order valence-electron chi connectivity index (χ3n) is 4.08. The number of rotatable bonds is 7. The van der Waals surface area contributed by atoms with Gasteiger partial charge in [0.25, 0.3) is 5.91 Å². The Hall–Kier alpha value is -4.20. The maximum atomic E-state index is 12.4. The molecular weight excluding hydrogens is 396 g/mol. The fraction of sp³-hybridized carbons (Fsp3) is 0.130. The first-order valence-electron chi connectivity index (χ1n) is 9.56. The fourth-order valence-corrected chi connectivity index (χ4v) is 2.79. The van der Waals surface area contributed by atoms with Crippen molar-refractivity contribution in [2.45, 2.75) is 13.8 Å². The Morgan fingerprint density at radius 2 is 1.68 bits per heavy atom. The number of hydrogen-bond donors (Lipinski definition) is 2. The Morgan fingerprint density at radius 1 is 1.03 bits per heavy atom. The summed E-state index contributed by atoms with van der Waals surface area (Å²) < 4.78 is 6.69. The molecule has 0 aliphatic carbocycles. The van der Waals surface area contributed by atoms with Gasteiger partial charge >= 0.3 is 5.97 Å². The first-order chi connectivity index (χ1) is 14.9. The average Bonchev–Trinajstić information content (AvgIpc) is 3.12. The number of para-hydroxylation sites is 1. The van der Waals surface area contributed by atoms with Crippen LogP contribution in [0.5, 0.6) is 0 Å². The van der Waals surface area contributed by atoms with Crippen molar-refractivity contribution in [2.75, 3.05) is 11.9 Å². The van der Waals surface area contributed by atoms with Crippen LogP contribution in [0.1, 0.15) is 18.2 Å². The van der Waals surface area contributed by atoms with E-state index in [1.807, 2.05) is 43.3 Å². The summed E-state index contributed by atoms with van der Waals surface area (Å²) in [5, 5.41) is 9.50. The van der Waals surface area contributed by atoms with Gasteiger partial charge in [-0.3, -0.25) is 9.59 Å². The van der Waals surface area contributed by atoms with Crippen LogP contribution >= 0.6 is 0 Å². The molecule has 1 aromatic heterocycles. The van der Waals surface area contributed by atoms with Crippen LogP contribution in [0.25, 0.3) is 11.8 Å². The third kappa shape index (κ3) is 6.14. The fourth-order valence-electron chi connectivity index (χ4n) is 2.79. The van der Waals surface area contributed by atoms with Crippen LogP contribution in [0, 0.1) is 6.92 Å². The number of aryl methyl sites for hydroxylation is 1. The van der Waals surface area contributed by atoms with E-state index >= 15 is 0 Å². The van der Waals surface area contributed by atoms with E-state index in [-0.39, 0.29) is 5.70 Å². The zero-order chi connectivity index (χ0) is 22.2. The van der Waals surface area contributed by atoms with Gasteiger partial charge in [0, 0.05) is 13.0 Å². The first-order valence-corrected chi connectivity index (χ1v) is 9.56. The molecule has 0 atom stereocenters. The number of carbonyl (C=O) groups is 3. The maximum Gasteiger partial charge on any atom is 0.355 e. The van der Waals surface area contributed by atoms with Gasteiger partial charge in [0.2, 0.25) is 5.91 Å². The molecule has 3 aromatic rings. The number of benzene rings is 2. The van der Waals surface area contributed by atoms with Crippen molar-refractivity contribution in [1.82, 2.24) is 15.1 Å². The van der Waals surface area contributed by atoms with Crippen LogP contribution in [-0.2, 0) is 19.1 Å². The summed E-state index contributed by atoms with van der Waals surface area (Å²) in [6, 6.07) is 20.0. The van der Waals surface area contributed by atoms with E-state index in [0.29, 0.717) is 11.4 Å². The van der Waals surface area contributed by atoms with E-state index in [1.54, 1.807) is 35.0 Å². The number of ether oxygens (including phenoxy) is 1. The van der Waals surface area contributed by atoms with Gasteiger partial charge in [0.05, 0.1) is 11.4 Å². The molecule has 0 spiro atoms. The number of esters is 1. The highest BCUT2D eigenvalue weighted by molar-refractivity contribution is 5.99. The summed E-state index contributed by atoms with van der Waals surface area (Å²) in [7, 11) is 0.